The zero-order chi connectivity index (χ0) is 29.3. The van der Waals surface area contributed by atoms with Crippen molar-refractivity contribution in [2.24, 2.45) is 4.99 Å². The van der Waals surface area contributed by atoms with Crippen molar-refractivity contribution >= 4 is 50.0 Å². The summed E-state index contributed by atoms with van der Waals surface area (Å²) in [4.78, 5) is 43.0. The summed E-state index contributed by atoms with van der Waals surface area (Å²) in [5.74, 6) is 0. The number of benzene rings is 1. The van der Waals surface area contributed by atoms with Gasteiger partial charge in [0.15, 0.2) is 0 Å². The van der Waals surface area contributed by atoms with Crippen LogP contribution >= 0.6 is 11.8 Å². The lowest BCUT2D eigenvalue weighted by atomic mass is 10.1. The van der Waals surface area contributed by atoms with Crippen molar-refractivity contribution in [3.8, 4) is 5.69 Å². The van der Waals surface area contributed by atoms with Crippen molar-refractivity contribution in [2.45, 2.75) is 6.18 Å². The first-order chi connectivity index (χ1) is 19.6. The van der Waals surface area contributed by atoms with Crippen LogP contribution in [0.3, 0.4) is 0 Å². The Morgan fingerprint density at radius 2 is 1.90 bits per heavy atom. The third-order valence-electron chi connectivity index (χ3n) is 6.76. The Labute approximate surface area is 236 Å². The number of rotatable bonds is 5. The highest BCUT2D eigenvalue weighted by Gasteiger charge is 2.36. The van der Waals surface area contributed by atoms with Crippen molar-refractivity contribution in [2.75, 3.05) is 44.4 Å². The molecule has 5 rings (SSSR count). The summed E-state index contributed by atoms with van der Waals surface area (Å²) in [7, 11) is 1.67. The molecule has 3 aromatic heterocycles. The predicted octanol–water partition coefficient (Wildman–Crippen LogP) is 4.01. The van der Waals surface area contributed by atoms with Crippen molar-refractivity contribution in [3.05, 3.63) is 87.4 Å². The maximum absolute atomic E-state index is 14.3. The number of hydrogen-bond acceptors (Lipinski definition) is 8. The number of aromatic nitrogens is 4. The van der Waals surface area contributed by atoms with E-state index in [0.717, 1.165) is 15.7 Å². The lowest BCUT2D eigenvalue weighted by Gasteiger charge is -2.31. The number of aromatic amines is 1. The molecule has 4 heterocycles. The van der Waals surface area contributed by atoms with Crippen molar-refractivity contribution in [1.82, 2.24) is 24.8 Å². The number of allylic oxidation sites excluding steroid dienone is 2. The van der Waals surface area contributed by atoms with Gasteiger partial charge in [0.2, 0.25) is 0 Å². The monoisotopic (exact) mass is 581 g/mol. The van der Waals surface area contributed by atoms with Crippen molar-refractivity contribution in [1.29, 1.82) is 0 Å². The van der Waals surface area contributed by atoms with E-state index in [0.29, 0.717) is 43.0 Å². The molecule has 2 N–H and O–H groups in total. The zero-order valence-electron chi connectivity index (χ0n) is 22.2. The molecular weight excluding hydrogens is 555 g/mol. The molecule has 4 aromatic rings. The van der Waals surface area contributed by atoms with E-state index in [1.165, 1.54) is 30.1 Å². The van der Waals surface area contributed by atoms with Gasteiger partial charge in [-0.15, -0.1) is 11.8 Å². The van der Waals surface area contributed by atoms with Crippen LogP contribution in [0.2, 0.25) is 0 Å². The molecule has 0 unspecified atom stereocenters. The molecule has 0 bridgehead atoms. The van der Waals surface area contributed by atoms with Crippen LogP contribution in [0.1, 0.15) is 11.3 Å². The fraction of sp³-hybridized carbons (Fsp3) is 0.250. The van der Waals surface area contributed by atoms with E-state index >= 15 is 0 Å². The van der Waals surface area contributed by atoms with Gasteiger partial charge in [0, 0.05) is 45.1 Å². The molecule has 41 heavy (non-hydrogen) atoms. The van der Waals surface area contributed by atoms with Crippen LogP contribution in [-0.4, -0.2) is 64.0 Å². The van der Waals surface area contributed by atoms with E-state index < -0.39 is 23.0 Å². The summed E-state index contributed by atoms with van der Waals surface area (Å²) in [6.07, 6.45) is 1.99. The number of alkyl halides is 3. The molecule has 0 radical (unpaired) electrons. The third kappa shape index (κ3) is 5.55. The molecule has 9 nitrogen and oxygen atoms in total. The number of anilines is 1. The molecule has 0 amide bonds. The van der Waals surface area contributed by atoms with Gasteiger partial charge in [-0.1, -0.05) is 12.7 Å². The van der Waals surface area contributed by atoms with E-state index in [-0.39, 0.29) is 27.8 Å². The average molecular weight is 582 g/mol. The maximum atomic E-state index is 14.3. The second-order valence-electron chi connectivity index (χ2n) is 9.24. The number of thioether (sulfide) groups is 1. The second kappa shape index (κ2) is 11.3. The summed E-state index contributed by atoms with van der Waals surface area (Å²) in [5, 5.41) is 3.90. The van der Waals surface area contributed by atoms with Crippen molar-refractivity contribution in [3.63, 3.8) is 0 Å². The first-order valence-electron chi connectivity index (χ1n) is 12.6. The van der Waals surface area contributed by atoms with E-state index in [1.54, 1.807) is 36.2 Å². The van der Waals surface area contributed by atoms with Crippen LogP contribution in [0.25, 0.3) is 33.2 Å². The summed E-state index contributed by atoms with van der Waals surface area (Å²) >= 11 is 1.46. The summed E-state index contributed by atoms with van der Waals surface area (Å²) in [6.45, 7) is 5.99. The topological polar surface area (TPSA) is 108 Å². The van der Waals surface area contributed by atoms with Crippen LogP contribution in [0.5, 0.6) is 0 Å². The van der Waals surface area contributed by atoms with E-state index in [4.69, 9.17) is 0 Å². The van der Waals surface area contributed by atoms with Crippen molar-refractivity contribution < 1.29 is 13.2 Å². The van der Waals surface area contributed by atoms with Crippen LogP contribution < -0.4 is 21.5 Å². The Morgan fingerprint density at radius 1 is 1.15 bits per heavy atom. The number of nitrogens with zero attached hydrogens (tertiary/aromatic N) is 5. The van der Waals surface area contributed by atoms with Gasteiger partial charge in [-0.2, -0.15) is 13.2 Å². The highest BCUT2D eigenvalue weighted by molar-refractivity contribution is 8.13. The van der Waals surface area contributed by atoms with Gasteiger partial charge in [0.25, 0.3) is 5.56 Å². The molecule has 1 saturated heterocycles. The van der Waals surface area contributed by atoms with Crippen LogP contribution in [0, 0.1) is 0 Å². The number of halogens is 3. The molecule has 1 fully saturated rings. The fourth-order valence-corrected chi connectivity index (χ4v) is 5.14. The largest absolute Gasteiger partial charge is 0.418 e. The lowest BCUT2D eigenvalue weighted by Crippen LogP contribution is -2.44. The van der Waals surface area contributed by atoms with Crippen LogP contribution in [0.4, 0.5) is 18.9 Å². The van der Waals surface area contributed by atoms with E-state index in [2.05, 4.69) is 31.8 Å². The first-order valence-corrected chi connectivity index (χ1v) is 13.8. The second-order valence-corrected chi connectivity index (χ2v) is 10.1. The van der Waals surface area contributed by atoms with Gasteiger partial charge >= 0.3 is 11.9 Å². The van der Waals surface area contributed by atoms with Gasteiger partial charge in [-0.05, 0) is 48.2 Å². The highest BCUT2D eigenvalue weighted by atomic mass is 32.2. The third-order valence-corrected chi connectivity index (χ3v) is 7.50. The molecule has 13 heteroatoms. The van der Waals surface area contributed by atoms with Crippen LogP contribution in [-0.2, 0) is 6.18 Å². The lowest BCUT2D eigenvalue weighted by molar-refractivity contribution is -0.137. The van der Waals surface area contributed by atoms with Gasteiger partial charge in [0.05, 0.1) is 38.4 Å². The van der Waals surface area contributed by atoms with Gasteiger partial charge in [0.1, 0.15) is 5.52 Å². The average Bonchev–Trinajstić information content (AvgIpc) is 2.97. The maximum Gasteiger partial charge on any atom is 0.418 e. The van der Waals surface area contributed by atoms with Gasteiger partial charge < -0.3 is 10.2 Å². The molecule has 1 aliphatic heterocycles. The normalized spacial score (nSPS) is 14.9. The molecule has 0 spiro atoms. The first kappa shape index (κ1) is 28.3. The highest BCUT2D eigenvalue weighted by Crippen LogP contribution is 2.38. The molecule has 1 aliphatic rings. The Hall–Kier alpha value is -4.23. The molecule has 212 valence electrons. The number of nitrogens with one attached hydrogen (secondary N) is 2. The number of piperazine rings is 1. The number of H-pyrrole nitrogens is 1. The Kier molecular flexibility index (Phi) is 7.82. The summed E-state index contributed by atoms with van der Waals surface area (Å²) < 4.78 is 44.0. The molecular formula is C28H26F3N7O2S. The Bertz CT molecular complexity index is 1840. The number of pyridine rings is 2. The predicted molar refractivity (Wildman–Crippen MR) is 158 cm³/mol. The van der Waals surface area contributed by atoms with Gasteiger partial charge in [-0.3, -0.25) is 24.3 Å². The number of hydrogen-bond donors (Lipinski definition) is 2. The Morgan fingerprint density at radius 3 is 2.59 bits per heavy atom. The smallest absolute Gasteiger partial charge is 0.368 e. The molecule has 0 aliphatic carbocycles. The zero-order valence-corrected chi connectivity index (χ0v) is 23.1. The number of fused-ring (bicyclic) bond motifs is 3. The standard InChI is InChI=1S/C28H26F3N7O2S/c1-16(4-9-23(32-2)41-3)20-6-7-21-24(35-20)25-18(15-34-21)26(39)36-27(40)38(25)17-5-8-22(19(14-17)28(29,30)31)37-12-10-33-11-13-37/h4-9,14-15,33H,1,10-13H2,2-3H3,(H,36,39,40). The fourth-order valence-electron chi connectivity index (χ4n) is 4.76. The summed E-state index contributed by atoms with van der Waals surface area (Å²) in [6, 6.07) is 7.08. The minimum Gasteiger partial charge on any atom is -0.368 e. The minimum atomic E-state index is -4.69. The summed E-state index contributed by atoms with van der Waals surface area (Å²) in [5.41, 5.74) is -1.00. The van der Waals surface area contributed by atoms with E-state index in [9.17, 15) is 22.8 Å². The number of aliphatic imine (C=N–C) groups is 1. The van der Waals surface area contributed by atoms with Gasteiger partial charge in [-0.25, -0.2) is 9.78 Å². The van der Waals surface area contributed by atoms with E-state index in [1.807, 2.05) is 6.26 Å². The van der Waals surface area contributed by atoms with Crippen LogP contribution in [0.15, 0.2) is 69.8 Å². The molecule has 0 saturated carbocycles. The molecule has 0 atom stereocenters. The quantitative estimate of drug-likeness (QED) is 0.159. The molecule has 1 aromatic carbocycles. The Balaban J connectivity index is 1.75. The SMILES string of the molecule is C=C(C=CC(=NC)SC)c1ccc2ncc3c(=O)[nH]c(=O)n(-c4ccc(N5CCNCC5)c(C(F)(F)F)c4)c3c2n1. The minimum absolute atomic E-state index is 0.00503.